The summed E-state index contributed by atoms with van der Waals surface area (Å²) in [6.45, 7) is 2.60. The Kier molecular flexibility index (Phi) is 5.60. The molecule has 0 saturated carbocycles. The first-order valence-electron chi connectivity index (χ1n) is 6.58. The Balaban J connectivity index is 1.99. The standard InChI is InChI=1S/C16H16ClNO3/c1-2-21-18-16(19)13-6-4-8-15(10-13)20-11-12-5-3-7-14(17)9-12/h3-10H,2,11H2,1H3,(H,18,19). The first kappa shape index (κ1) is 15.4. The molecule has 0 spiro atoms. The fraction of sp³-hybridized carbons (Fsp3) is 0.188. The van der Waals surface area contributed by atoms with E-state index in [4.69, 9.17) is 21.2 Å². The van der Waals surface area contributed by atoms with Gasteiger partial charge in [-0.05, 0) is 42.8 Å². The van der Waals surface area contributed by atoms with E-state index in [1.807, 2.05) is 24.3 Å². The highest BCUT2D eigenvalue weighted by atomic mass is 35.5. The van der Waals surface area contributed by atoms with Gasteiger partial charge >= 0.3 is 0 Å². The van der Waals surface area contributed by atoms with Gasteiger partial charge in [0.25, 0.3) is 5.91 Å². The van der Waals surface area contributed by atoms with Crippen LogP contribution in [0.3, 0.4) is 0 Å². The molecule has 2 aromatic carbocycles. The molecule has 2 rings (SSSR count). The Hall–Kier alpha value is -2.04. The zero-order valence-corrected chi connectivity index (χ0v) is 12.4. The summed E-state index contributed by atoms with van der Waals surface area (Å²) in [6.07, 6.45) is 0. The maximum atomic E-state index is 11.8. The summed E-state index contributed by atoms with van der Waals surface area (Å²) < 4.78 is 5.66. The molecule has 110 valence electrons. The summed E-state index contributed by atoms with van der Waals surface area (Å²) in [4.78, 5) is 16.6. The molecule has 21 heavy (non-hydrogen) atoms. The quantitative estimate of drug-likeness (QED) is 0.830. The minimum atomic E-state index is -0.301. The van der Waals surface area contributed by atoms with Crippen molar-refractivity contribution < 1.29 is 14.4 Å². The highest BCUT2D eigenvalue weighted by Crippen LogP contribution is 2.17. The lowest BCUT2D eigenvalue weighted by Crippen LogP contribution is -2.23. The summed E-state index contributed by atoms with van der Waals surface area (Å²) in [6, 6.07) is 14.4. The van der Waals surface area contributed by atoms with Crippen LogP contribution in [0.5, 0.6) is 5.75 Å². The third-order valence-corrected chi connectivity index (χ3v) is 2.94. The second kappa shape index (κ2) is 7.67. The number of hydroxylamine groups is 1. The van der Waals surface area contributed by atoms with Crippen molar-refractivity contribution >= 4 is 17.5 Å². The third-order valence-electron chi connectivity index (χ3n) is 2.70. The molecular formula is C16H16ClNO3. The van der Waals surface area contributed by atoms with E-state index >= 15 is 0 Å². The van der Waals surface area contributed by atoms with Crippen molar-refractivity contribution in [3.8, 4) is 5.75 Å². The van der Waals surface area contributed by atoms with Crippen LogP contribution in [-0.4, -0.2) is 12.5 Å². The molecule has 0 aromatic heterocycles. The largest absolute Gasteiger partial charge is 0.489 e. The molecule has 0 unspecified atom stereocenters. The van der Waals surface area contributed by atoms with Crippen LogP contribution in [0.25, 0.3) is 0 Å². The summed E-state index contributed by atoms with van der Waals surface area (Å²) in [7, 11) is 0. The zero-order chi connectivity index (χ0) is 15.1. The van der Waals surface area contributed by atoms with Crippen LogP contribution >= 0.6 is 11.6 Å². The average Bonchev–Trinajstić information content (AvgIpc) is 2.51. The number of halogens is 1. The molecule has 0 fully saturated rings. The van der Waals surface area contributed by atoms with Crippen molar-refractivity contribution in [1.82, 2.24) is 5.48 Å². The van der Waals surface area contributed by atoms with Gasteiger partial charge in [0.05, 0.1) is 6.61 Å². The van der Waals surface area contributed by atoms with Crippen molar-refractivity contribution in [2.45, 2.75) is 13.5 Å². The maximum absolute atomic E-state index is 11.8. The molecule has 0 aliphatic heterocycles. The molecule has 0 radical (unpaired) electrons. The maximum Gasteiger partial charge on any atom is 0.274 e. The van der Waals surface area contributed by atoms with Crippen molar-refractivity contribution in [2.75, 3.05) is 6.61 Å². The molecule has 4 nitrogen and oxygen atoms in total. The average molecular weight is 306 g/mol. The van der Waals surface area contributed by atoms with E-state index in [2.05, 4.69) is 5.48 Å². The Bertz CT molecular complexity index is 616. The second-order valence-corrected chi connectivity index (χ2v) is 4.75. The SMILES string of the molecule is CCONC(=O)c1cccc(OCc2cccc(Cl)c2)c1. The molecule has 1 amide bonds. The topological polar surface area (TPSA) is 47.6 Å². The number of amides is 1. The predicted molar refractivity (Wildman–Crippen MR) is 81.3 cm³/mol. The molecule has 1 N–H and O–H groups in total. The molecule has 0 bridgehead atoms. The number of carbonyl (C=O) groups is 1. The Morgan fingerprint density at radius 3 is 2.76 bits per heavy atom. The van der Waals surface area contributed by atoms with E-state index in [1.54, 1.807) is 31.2 Å². The van der Waals surface area contributed by atoms with E-state index < -0.39 is 0 Å². The normalized spacial score (nSPS) is 10.2. The monoisotopic (exact) mass is 305 g/mol. The van der Waals surface area contributed by atoms with Gasteiger partial charge in [0.2, 0.25) is 0 Å². The minimum absolute atomic E-state index is 0.301. The van der Waals surface area contributed by atoms with Gasteiger partial charge in [0.1, 0.15) is 12.4 Å². The van der Waals surface area contributed by atoms with Crippen molar-refractivity contribution in [3.63, 3.8) is 0 Å². The smallest absolute Gasteiger partial charge is 0.274 e. The summed E-state index contributed by atoms with van der Waals surface area (Å²) in [5.74, 6) is 0.309. The lowest BCUT2D eigenvalue weighted by molar-refractivity contribution is 0.0364. The molecule has 0 saturated heterocycles. The summed E-state index contributed by atoms with van der Waals surface area (Å²) in [5, 5.41) is 0.668. The summed E-state index contributed by atoms with van der Waals surface area (Å²) in [5.41, 5.74) is 3.79. The highest BCUT2D eigenvalue weighted by molar-refractivity contribution is 6.30. The van der Waals surface area contributed by atoms with E-state index in [-0.39, 0.29) is 5.91 Å². The Labute approximate surface area is 128 Å². The van der Waals surface area contributed by atoms with E-state index in [9.17, 15) is 4.79 Å². The van der Waals surface area contributed by atoms with Gasteiger partial charge in [-0.1, -0.05) is 29.8 Å². The number of ether oxygens (including phenoxy) is 1. The zero-order valence-electron chi connectivity index (χ0n) is 11.6. The van der Waals surface area contributed by atoms with Crippen LogP contribution in [0.4, 0.5) is 0 Å². The minimum Gasteiger partial charge on any atom is -0.489 e. The second-order valence-electron chi connectivity index (χ2n) is 4.31. The number of carbonyl (C=O) groups excluding carboxylic acids is 1. The fourth-order valence-electron chi connectivity index (χ4n) is 1.72. The highest BCUT2D eigenvalue weighted by Gasteiger charge is 2.06. The van der Waals surface area contributed by atoms with Crippen molar-refractivity contribution in [1.29, 1.82) is 0 Å². The van der Waals surface area contributed by atoms with Crippen LogP contribution < -0.4 is 10.2 Å². The summed E-state index contributed by atoms with van der Waals surface area (Å²) >= 11 is 5.92. The van der Waals surface area contributed by atoms with Gasteiger partial charge in [-0.15, -0.1) is 0 Å². The van der Waals surface area contributed by atoms with Gasteiger partial charge in [-0.3, -0.25) is 9.63 Å². The molecule has 0 aliphatic rings. The first-order valence-corrected chi connectivity index (χ1v) is 6.96. The van der Waals surface area contributed by atoms with Crippen LogP contribution in [0.2, 0.25) is 5.02 Å². The van der Waals surface area contributed by atoms with Gasteiger partial charge in [-0.2, -0.15) is 0 Å². The number of nitrogens with one attached hydrogen (secondary N) is 1. The van der Waals surface area contributed by atoms with Crippen LogP contribution in [0.1, 0.15) is 22.8 Å². The fourth-order valence-corrected chi connectivity index (χ4v) is 1.93. The molecular weight excluding hydrogens is 290 g/mol. The number of rotatable bonds is 6. The predicted octanol–water partition coefficient (Wildman–Crippen LogP) is 3.60. The van der Waals surface area contributed by atoms with Crippen LogP contribution in [0.15, 0.2) is 48.5 Å². The first-order chi connectivity index (χ1) is 10.2. The van der Waals surface area contributed by atoms with Gasteiger partial charge in [0, 0.05) is 10.6 Å². The molecule has 5 heteroatoms. The number of benzene rings is 2. The lowest BCUT2D eigenvalue weighted by Gasteiger charge is -2.08. The Morgan fingerprint density at radius 1 is 1.19 bits per heavy atom. The number of hydrogen-bond donors (Lipinski definition) is 1. The van der Waals surface area contributed by atoms with Gasteiger partial charge in [0.15, 0.2) is 0 Å². The molecule has 0 aliphatic carbocycles. The molecule has 0 atom stereocenters. The van der Waals surface area contributed by atoms with Crippen molar-refractivity contribution in [2.24, 2.45) is 0 Å². The van der Waals surface area contributed by atoms with Crippen LogP contribution in [0, 0.1) is 0 Å². The van der Waals surface area contributed by atoms with Gasteiger partial charge < -0.3 is 4.74 Å². The lowest BCUT2D eigenvalue weighted by atomic mass is 10.2. The van der Waals surface area contributed by atoms with E-state index in [1.165, 1.54) is 0 Å². The van der Waals surface area contributed by atoms with E-state index in [0.29, 0.717) is 29.5 Å². The third kappa shape index (κ3) is 4.77. The number of hydrogen-bond acceptors (Lipinski definition) is 3. The molecule has 0 heterocycles. The van der Waals surface area contributed by atoms with Gasteiger partial charge in [-0.25, -0.2) is 5.48 Å². The van der Waals surface area contributed by atoms with Crippen molar-refractivity contribution in [3.05, 3.63) is 64.7 Å². The van der Waals surface area contributed by atoms with Crippen LogP contribution in [-0.2, 0) is 11.4 Å². The molecule has 2 aromatic rings. The van der Waals surface area contributed by atoms with E-state index in [0.717, 1.165) is 5.56 Å². The Morgan fingerprint density at radius 2 is 2.00 bits per heavy atom.